The third-order valence-electron chi connectivity index (χ3n) is 3.40. The highest BCUT2D eigenvalue weighted by Gasteiger charge is 2.11. The number of aromatic nitrogens is 1. The number of benzene rings is 1. The van der Waals surface area contributed by atoms with Crippen molar-refractivity contribution >= 4 is 42.1 Å². The summed E-state index contributed by atoms with van der Waals surface area (Å²) in [5, 5.41) is 8.80. The first-order valence-electron chi connectivity index (χ1n) is 7.82. The second-order valence-electron chi connectivity index (χ2n) is 5.09. The van der Waals surface area contributed by atoms with Crippen LogP contribution in [0.15, 0.2) is 23.6 Å². The summed E-state index contributed by atoms with van der Waals surface area (Å²) in [6.07, 6.45) is 0.288. The smallest absolute Gasteiger partial charge is 0.226 e. The number of halogens is 2. The molecule has 1 amide bonds. The number of ether oxygens (including phenoxy) is 2. The Balaban J connectivity index is 0.00000312. The topological polar surface area (TPSA) is 72.5 Å². The molecule has 0 aliphatic carbocycles. The summed E-state index contributed by atoms with van der Waals surface area (Å²) < 4.78 is 10.6. The van der Waals surface area contributed by atoms with Crippen LogP contribution in [-0.4, -0.2) is 44.7 Å². The third kappa shape index (κ3) is 6.99. The SMILES string of the molecule is CCNCCNC(=O)Cc1csc(-c2ccc(OC)c(OC)c2)n1.Cl.Cl. The molecule has 26 heavy (non-hydrogen) atoms. The van der Waals surface area contributed by atoms with Gasteiger partial charge in [-0.25, -0.2) is 4.98 Å². The van der Waals surface area contributed by atoms with E-state index in [-0.39, 0.29) is 37.1 Å². The molecule has 1 aromatic carbocycles. The van der Waals surface area contributed by atoms with Crippen LogP contribution >= 0.6 is 36.2 Å². The van der Waals surface area contributed by atoms with Gasteiger partial charge in [0, 0.05) is 24.0 Å². The molecular weight excluding hydrogens is 397 g/mol. The average molecular weight is 422 g/mol. The predicted molar refractivity (Wildman–Crippen MR) is 110 cm³/mol. The number of nitrogens with one attached hydrogen (secondary N) is 2. The Morgan fingerprint density at radius 2 is 1.88 bits per heavy atom. The van der Waals surface area contributed by atoms with Crippen LogP contribution in [0.4, 0.5) is 0 Å². The highest BCUT2D eigenvalue weighted by molar-refractivity contribution is 7.13. The van der Waals surface area contributed by atoms with Crippen molar-refractivity contribution in [1.82, 2.24) is 15.6 Å². The maximum absolute atomic E-state index is 11.9. The zero-order chi connectivity index (χ0) is 17.4. The summed E-state index contributed by atoms with van der Waals surface area (Å²) in [7, 11) is 3.21. The van der Waals surface area contributed by atoms with Crippen molar-refractivity contribution in [3.63, 3.8) is 0 Å². The van der Waals surface area contributed by atoms with Crippen LogP contribution < -0.4 is 20.1 Å². The van der Waals surface area contributed by atoms with Crippen LogP contribution in [0.1, 0.15) is 12.6 Å². The van der Waals surface area contributed by atoms with E-state index < -0.39 is 0 Å². The van der Waals surface area contributed by atoms with E-state index in [9.17, 15) is 4.79 Å². The first kappa shape index (κ1) is 24.5. The molecule has 0 aliphatic rings. The molecule has 2 N–H and O–H groups in total. The van der Waals surface area contributed by atoms with Crippen molar-refractivity contribution in [3.05, 3.63) is 29.3 Å². The Hall–Kier alpha value is -1.54. The Labute approximate surface area is 170 Å². The Morgan fingerprint density at radius 3 is 2.54 bits per heavy atom. The van der Waals surface area contributed by atoms with Crippen molar-refractivity contribution in [3.8, 4) is 22.1 Å². The fraction of sp³-hybridized carbons (Fsp3) is 0.412. The van der Waals surface area contributed by atoms with Gasteiger partial charge in [-0.3, -0.25) is 4.79 Å². The largest absolute Gasteiger partial charge is 0.493 e. The lowest BCUT2D eigenvalue weighted by molar-refractivity contribution is -0.120. The number of likely N-dealkylation sites (N-methyl/N-ethyl adjacent to an activating group) is 1. The predicted octanol–water partition coefficient (Wildman–Crippen LogP) is 2.94. The van der Waals surface area contributed by atoms with E-state index in [1.54, 1.807) is 14.2 Å². The molecule has 2 aromatic rings. The number of nitrogens with zero attached hydrogens (tertiary/aromatic N) is 1. The molecule has 0 bridgehead atoms. The van der Waals surface area contributed by atoms with Crippen molar-refractivity contribution < 1.29 is 14.3 Å². The van der Waals surface area contributed by atoms with Crippen molar-refractivity contribution in [2.75, 3.05) is 33.9 Å². The molecular formula is C17H25Cl2N3O3S. The van der Waals surface area contributed by atoms with Gasteiger partial charge in [0.1, 0.15) is 5.01 Å². The van der Waals surface area contributed by atoms with E-state index in [2.05, 4.69) is 15.6 Å². The molecule has 0 unspecified atom stereocenters. The summed E-state index contributed by atoms with van der Waals surface area (Å²) in [5.41, 5.74) is 1.71. The highest BCUT2D eigenvalue weighted by Crippen LogP contribution is 2.33. The molecule has 146 valence electrons. The number of thiazole rings is 1. The number of hydrogen-bond donors (Lipinski definition) is 2. The van der Waals surface area contributed by atoms with E-state index in [1.807, 2.05) is 30.5 Å². The fourth-order valence-electron chi connectivity index (χ4n) is 2.18. The Bertz CT molecular complexity index is 683. The molecule has 0 saturated carbocycles. The van der Waals surface area contributed by atoms with Gasteiger partial charge in [0.25, 0.3) is 0 Å². The van der Waals surface area contributed by atoms with E-state index in [0.29, 0.717) is 18.0 Å². The number of methoxy groups -OCH3 is 2. The first-order valence-corrected chi connectivity index (χ1v) is 8.70. The molecule has 9 heteroatoms. The highest BCUT2D eigenvalue weighted by atomic mass is 35.5. The van der Waals surface area contributed by atoms with Gasteiger partial charge in [-0.15, -0.1) is 36.2 Å². The molecule has 0 fully saturated rings. The van der Waals surface area contributed by atoms with Gasteiger partial charge < -0.3 is 20.1 Å². The second kappa shape index (κ2) is 12.8. The van der Waals surface area contributed by atoms with Gasteiger partial charge >= 0.3 is 0 Å². The van der Waals surface area contributed by atoms with E-state index in [4.69, 9.17) is 9.47 Å². The van der Waals surface area contributed by atoms with Gasteiger partial charge in [0.15, 0.2) is 11.5 Å². The van der Waals surface area contributed by atoms with E-state index in [1.165, 1.54) is 11.3 Å². The molecule has 6 nitrogen and oxygen atoms in total. The molecule has 0 radical (unpaired) electrons. The van der Waals surface area contributed by atoms with Crippen LogP contribution in [0.25, 0.3) is 10.6 Å². The lowest BCUT2D eigenvalue weighted by atomic mass is 10.2. The standard InChI is InChI=1S/C17H23N3O3S.2ClH/c1-4-18-7-8-19-16(21)10-13-11-24-17(20-13)12-5-6-14(22-2)15(9-12)23-3;;/h5-6,9,11,18H,4,7-8,10H2,1-3H3,(H,19,21);2*1H. The molecule has 0 spiro atoms. The third-order valence-corrected chi connectivity index (χ3v) is 4.34. The van der Waals surface area contributed by atoms with Gasteiger partial charge in [-0.1, -0.05) is 6.92 Å². The van der Waals surface area contributed by atoms with Gasteiger partial charge in [0.2, 0.25) is 5.91 Å². The van der Waals surface area contributed by atoms with E-state index >= 15 is 0 Å². The first-order chi connectivity index (χ1) is 11.7. The van der Waals surface area contributed by atoms with Gasteiger partial charge in [-0.2, -0.15) is 0 Å². The number of carbonyl (C=O) groups is 1. The van der Waals surface area contributed by atoms with Crippen molar-refractivity contribution in [2.45, 2.75) is 13.3 Å². The lowest BCUT2D eigenvalue weighted by Crippen LogP contribution is -2.32. The summed E-state index contributed by atoms with van der Waals surface area (Å²) >= 11 is 1.51. The normalized spacial score (nSPS) is 9.65. The Kier molecular flexibility index (Phi) is 12.0. The zero-order valence-corrected chi connectivity index (χ0v) is 17.5. The monoisotopic (exact) mass is 421 g/mol. The van der Waals surface area contributed by atoms with Gasteiger partial charge in [0.05, 0.1) is 26.3 Å². The minimum Gasteiger partial charge on any atom is -0.493 e. The number of carbonyl (C=O) groups excluding carboxylic acids is 1. The quantitative estimate of drug-likeness (QED) is 0.608. The molecule has 0 atom stereocenters. The maximum atomic E-state index is 11.9. The summed E-state index contributed by atoms with van der Waals surface area (Å²) in [4.78, 5) is 16.4. The Morgan fingerprint density at radius 1 is 1.15 bits per heavy atom. The van der Waals surface area contributed by atoms with Crippen molar-refractivity contribution in [1.29, 1.82) is 0 Å². The summed E-state index contributed by atoms with van der Waals surface area (Å²) in [6, 6.07) is 5.67. The van der Waals surface area contributed by atoms with Gasteiger partial charge in [-0.05, 0) is 24.7 Å². The molecule has 0 aliphatic heterocycles. The van der Waals surface area contributed by atoms with Crippen molar-refractivity contribution in [2.24, 2.45) is 0 Å². The minimum absolute atomic E-state index is 0. The average Bonchev–Trinajstić information content (AvgIpc) is 3.06. The summed E-state index contributed by atoms with van der Waals surface area (Å²) in [6.45, 7) is 4.33. The zero-order valence-electron chi connectivity index (χ0n) is 15.0. The number of rotatable bonds is 9. The van der Waals surface area contributed by atoms with Crippen LogP contribution in [0.5, 0.6) is 11.5 Å². The lowest BCUT2D eigenvalue weighted by Gasteiger charge is -2.08. The molecule has 2 rings (SSSR count). The summed E-state index contributed by atoms with van der Waals surface area (Å²) in [5.74, 6) is 1.32. The fourth-order valence-corrected chi connectivity index (χ4v) is 3.00. The minimum atomic E-state index is -0.0166. The maximum Gasteiger partial charge on any atom is 0.226 e. The molecule has 1 heterocycles. The number of amides is 1. The van der Waals surface area contributed by atoms with Crippen LogP contribution in [0.3, 0.4) is 0 Å². The molecule has 1 aromatic heterocycles. The van der Waals surface area contributed by atoms with Crippen LogP contribution in [0.2, 0.25) is 0 Å². The van der Waals surface area contributed by atoms with Crippen LogP contribution in [-0.2, 0) is 11.2 Å². The number of hydrogen-bond acceptors (Lipinski definition) is 6. The van der Waals surface area contributed by atoms with Crippen LogP contribution in [0, 0.1) is 0 Å². The van der Waals surface area contributed by atoms with E-state index in [0.717, 1.165) is 29.4 Å². The molecule has 0 saturated heterocycles. The second-order valence-corrected chi connectivity index (χ2v) is 5.95.